The molecule has 0 saturated heterocycles. The molecular formula is C25H23N5O2. The zero-order valence-electron chi connectivity index (χ0n) is 17.7. The second-order valence-corrected chi connectivity index (χ2v) is 7.49. The van der Waals surface area contributed by atoms with Crippen LogP contribution in [0.2, 0.25) is 0 Å². The zero-order chi connectivity index (χ0) is 21.9. The Bertz CT molecular complexity index is 1210. The third-order valence-corrected chi connectivity index (χ3v) is 5.47. The van der Waals surface area contributed by atoms with Crippen LogP contribution < -0.4 is 20.3 Å². The van der Waals surface area contributed by atoms with E-state index in [4.69, 9.17) is 9.73 Å². The van der Waals surface area contributed by atoms with Gasteiger partial charge in [-0.05, 0) is 18.2 Å². The molecule has 7 nitrogen and oxygen atoms in total. The number of rotatable bonds is 4. The summed E-state index contributed by atoms with van der Waals surface area (Å²) in [7, 11) is 1.59. The number of carbonyl (C=O) groups is 1. The highest BCUT2D eigenvalue weighted by atomic mass is 16.5. The summed E-state index contributed by atoms with van der Waals surface area (Å²) in [6, 6.07) is 25.0. The SMILES string of the molecule is COc1cccc(NC(=O)N[C@@H]2N=C(c3ccccc3)c3ccccc3N3CCN=C23)c1. The van der Waals surface area contributed by atoms with Crippen molar-refractivity contribution < 1.29 is 9.53 Å². The third-order valence-electron chi connectivity index (χ3n) is 5.47. The number of ether oxygens (including phenoxy) is 1. The van der Waals surface area contributed by atoms with Crippen molar-refractivity contribution >= 4 is 29.0 Å². The Hall–Kier alpha value is -4.13. The third kappa shape index (κ3) is 3.80. The van der Waals surface area contributed by atoms with Gasteiger partial charge in [-0.3, -0.25) is 9.98 Å². The van der Waals surface area contributed by atoms with Crippen LogP contribution in [0.25, 0.3) is 0 Å². The fraction of sp³-hybridized carbons (Fsp3) is 0.160. The van der Waals surface area contributed by atoms with E-state index in [1.54, 1.807) is 13.2 Å². The average molecular weight is 425 g/mol. The number of fused-ring (bicyclic) bond motifs is 3. The van der Waals surface area contributed by atoms with E-state index in [1.807, 2.05) is 60.7 Å². The molecule has 0 bridgehead atoms. The predicted octanol–water partition coefficient (Wildman–Crippen LogP) is 3.91. The standard InChI is InChI=1S/C25H23N5O2/c1-32-19-11-7-10-18(16-19)27-25(31)29-23-24-26-14-15-30(24)21-13-6-5-12-20(21)22(28-23)17-8-3-2-4-9-17/h2-13,16,23H,14-15H2,1H3,(H2,27,29,31)/t23-/m0/s1. The largest absolute Gasteiger partial charge is 0.497 e. The summed E-state index contributed by atoms with van der Waals surface area (Å²) >= 11 is 0. The fourth-order valence-corrected chi connectivity index (χ4v) is 4.02. The molecule has 0 spiro atoms. The summed E-state index contributed by atoms with van der Waals surface area (Å²) in [4.78, 5) is 24.7. The molecule has 0 saturated carbocycles. The van der Waals surface area contributed by atoms with Crippen molar-refractivity contribution in [3.63, 3.8) is 0 Å². The molecule has 2 N–H and O–H groups in total. The highest BCUT2D eigenvalue weighted by Gasteiger charge is 2.33. The number of aliphatic imine (C=N–C) groups is 2. The lowest BCUT2D eigenvalue weighted by atomic mass is 10.0. The number of hydrogen-bond donors (Lipinski definition) is 2. The highest BCUT2D eigenvalue weighted by Crippen LogP contribution is 2.30. The maximum absolute atomic E-state index is 12.9. The number of anilines is 2. The van der Waals surface area contributed by atoms with Crippen LogP contribution in [0.3, 0.4) is 0 Å². The first-order valence-corrected chi connectivity index (χ1v) is 10.5. The number of amides is 2. The molecule has 3 aromatic rings. The van der Waals surface area contributed by atoms with Gasteiger partial charge in [0.25, 0.3) is 0 Å². The van der Waals surface area contributed by atoms with Crippen LogP contribution in [0.4, 0.5) is 16.2 Å². The van der Waals surface area contributed by atoms with Gasteiger partial charge in [0, 0.05) is 29.4 Å². The molecule has 2 heterocycles. The first kappa shape index (κ1) is 19.8. The van der Waals surface area contributed by atoms with Crippen molar-refractivity contribution in [1.82, 2.24) is 5.32 Å². The van der Waals surface area contributed by atoms with Gasteiger partial charge in [-0.15, -0.1) is 0 Å². The molecule has 2 amide bonds. The lowest BCUT2D eigenvalue weighted by molar-refractivity contribution is 0.251. The molecule has 1 atom stereocenters. The molecule has 0 aromatic heterocycles. The monoisotopic (exact) mass is 425 g/mol. The lowest BCUT2D eigenvalue weighted by Gasteiger charge is -2.23. The molecule has 5 rings (SSSR count). The predicted molar refractivity (Wildman–Crippen MR) is 127 cm³/mol. The lowest BCUT2D eigenvalue weighted by Crippen LogP contribution is -2.47. The van der Waals surface area contributed by atoms with Crippen LogP contribution in [0.15, 0.2) is 88.8 Å². The van der Waals surface area contributed by atoms with E-state index < -0.39 is 6.17 Å². The molecule has 3 aromatic carbocycles. The van der Waals surface area contributed by atoms with E-state index in [0.29, 0.717) is 18.0 Å². The van der Waals surface area contributed by atoms with Crippen LogP contribution in [0, 0.1) is 0 Å². The van der Waals surface area contributed by atoms with Crippen LogP contribution in [0.5, 0.6) is 5.75 Å². The van der Waals surface area contributed by atoms with Gasteiger partial charge in [-0.2, -0.15) is 0 Å². The summed E-state index contributed by atoms with van der Waals surface area (Å²) in [6.45, 7) is 1.41. The minimum absolute atomic E-state index is 0.361. The summed E-state index contributed by atoms with van der Waals surface area (Å²) in [5, 5.41) is 5.87. The maximum atomic E-state index is 12.9. The van der Waals surface area contributed by atoms with Crippen molar-refractivity contribution in [3.8, 4) is 5.75 Å². The Morgan fingerprint density at radius 1 is 1.03 bits per heavy atom. The highest BCUT2D eigenvalue weighted by molar-refractivity contribution is 6.21. The number of methoxy groups -OCH3 is 1. The molecule has 0 aliphatic carbocycles. The van der Waals surface area contributed by atoms with E-state index in [9.17, 15) is 4.79 Å². The molecule has 0 unspecified atom stereocenters. The first-order chi connectivity index (χ1) is 15.7. The van der Waals surface area contributed by atoms with E-state index in [1.165, 1.54) is 0 Å². The van der Waals surface area contributed by atoms with Gasteiger partial charge in [-0.25, -0.2) is 4.79 Å². The molecule has 2 aliphatic heterocycles. The van der Waals surface area contributed by atoms with Crippen molar-refractivity contribution in [2.75, 3.05) is 30.4 Å². The average Bonchev–Trinajstić information content (AvgIpc) is 3.28. The topological polar surface area (TPSA) is 78.3 Å². The van der Waals surface area contributed by atoms with Gasteiger partial charge < -0.3 is 20.3 Å². The number of urea groups is 1. The number of benzene rings is 3. The minimum Gasteiger partial charge on any atom is -0.497 e. The number of hydrogen-bond acceptors (Lipinski definition) is 5. The Morgan fingerprint density at radius 2 is 1.84 bits per heavy atom. The van der Waals surface area contributed by atoms with E-state index >= 15 is 0 Å². The molecule has 32 heavy (non-hydrogen) atoms. The Labute approximate surface area is 186 Å². The zero-order valence-corrected chi connectivity index (χ0v) is 17.7. The number of carbonyl (C=O) groups excluding carboxylic acids is 1. The summed E-state index contributed by atoms with van der Waals surface area (Å²) < 4.78 is 5.24. The van der Waals surface area contributed by atoms with Crippen molar-refractivity contribution in [2.45, 2.75) is 6.17 Å². The van der Waals surface area contributed by atoms with Gasteiger partial charge in [0.05, 0.1) is 25.1 Å². The smallest absolute Gasteiger partial charge is 0.321 e. The number of para-hydroxylation sites is 1. The number of nitrogens with one attached hydrogen (secondary N) is 2. The molecule has 160 valence electrons. The van der Waals surface area contributed by atoms with Crippen molar-refractivity contribution in [3.05, 3.63) is 90.0 Å². The molecule has 7 heteroatoms. The van der Waals surface area contributed by atoms with E-state index in [0.717, 1.165) is 34.9 Å². The minimum atomic E-state index is -0.620. The normalized spacial score (nSPS) is 16.8. The summed E-state index contributed by atoms with van der Waals surface area (Å²) in [5.74, 6) is 1.41. The number of nitrogens with zero attached hydrogens (tertiary/aromatic N) is 3. The quantitative estimate of drug-likeness (QED) is 0.665. The Kier molecular flexibility index (Phi) is 5.29. The molecule has 2 aliphatic rings. The Morgan fingerprint density at radius 3 is 2.69 bits per heavy atom. The second kappa shape index (κ2) is 8.55. The fourth-order valence-electron chi connectivity index (χ4n) is 4.02. The van der Waals surface area contributed by atoms with Crippen LogP contribution in [0.1, 0.15) is 11.1 Å². The van der Waals surface area contributed by atoms with Gasteiger partial charge in [-0.1, -0.05) is 54.6 Å². The van der Waals surface area contributed by atoms with Crippen LogP contribution in [-0.2, 0) is 0 Å². The molecular weight excluding hydrogens is 402 g/mol. The van der Waals surface area contributed by atoms with Crippen molar-refractivity contribution in [1.29, 1.82) is 0 Å². The van der Waals surface area contributed by atoms with E-state index in [-0.39, 0.29) is 6.03 Å². The van der Waals surface area contributed by atoms with Gasteiger partial charge >= 0.3 is 6.03 Å². The van der Waals surface area contributed by atoms with Gasteiger partial charge in [0.2, 0.25) is 0 Å². The first-order valence-electron chi connectivity index (χ1n) is 10.5. The summed E-state index contributed by atoms with van der Waals surface area (Å²) in [6.07, 6.45) is -0.620. The maximum Gasteiger partial charge on any atom is 0.321 e. The molecule has 0 fully saturated rings. The van der Waals surface area contributed by atoms with Crippen LogP contribution >= 0.6 is 0 Å². The molecule has 0 radical (unpaired) electrons. The second-order valence-electron chi connectivity index (χ2n) is 7.49. The Balaban J connectivity index is 1.50. The number of amidine groups is 1. The van der Waals surface area contributed by atoms with Crippen LogP contribution in [-0.4, -0.2) is 43.9 Å². The summed E-state index contributed by atoms with van der Waals surface area (Å²) in [5.41, 5.74) is 4.51. The van der Waals surface area contributed by atoms with Crippen molar-refractivity contribution in [2.24, 2.45) is 9.98 Å². The van der Waals surface area contributed by atoms with Gasteiger partial charge in [0.1, 0.15) is 11.6 Å². The van der Waals surface area contributed by atoms with Gasteiger partial charge in [0.15, 0.2) is 6.17 Å². The van der Waals surface area contributed by atoms with E-state index in [2.05, 4.69) is 32.7 Å².